The first-order chi connectivity index (χ1) is 16.4. The lowest BCUT2D eigenvalue weighted by Crippen LogP contribution is -2.31. The molecule has 1 aliphatic rings. The van der Waals surface area contributed by atoms with Gasteiger partial charge in [0.15, 0.2) is 5.13 Å². The van der Waals surface area contributed by atoms with Crippen molar-refractivity contribution in [1.82, 2.24) is 10.3 Å². The van der Waals surface area contributed by atoms with Gasteiger partial charge in [-0.3, -0.25) is 4.79 Å². The highest BCUT2D eigenvalue weighted by Crippen LogP contribution is 2.38. The zero-order valence-electron chi connectivity index (χ0n) is 18.7. The number of carbonyl (C=O) groups excluding carboxylic acids is 2. The van der Waals surface area contributed by atoms with Crippen molar-refractivity contribution < 1.29 is 18.7 Å². The maximum atomic E-state index is 12.3. The highest BCUT2D eigenvalue weighted by Gasteiger charge is 2.28. The Balaban J connectivity index is 1.33. The molecule has 0 radical (unpaired) electrons. The van der Waals surface area contributed by atoms with E-state index in [9.17, 15) is 14.9 Å². The Hall–Kier alpha value is -3.62. The first kappa shape index (κ1) is 23.5. The summed E-state index contributed by atoms with van der Waals surface area (Å²) in [5, 5.41) is 16.6. The van der Waals surface area contributed by atoms with Gasteiger partial charge in [-0.15, -0.1) is 22.7 Å². The van der Waals surface area contributed by atoms with E-state index in [2.05, 4.69) is 21.7 Å². The molecule has 0 spiro atoms. The van der Waals surface area contributed by atoms with E-state index in [4.69, 9.17) is 9.15 Å². The van der Waals surface area contributed by atoms with Crippen LogP contribution in [-0.4, -0.2) is 37.2 Å². The van der Waals surface area contributed by atoms with Crippen molar-refractivity contribution in [2.75, 3.05) is 24.3 Å². The minimum atomic E-state index is -0.483. The number of fused-ring (bicyclic) bond motifs is 1. The second-order valence-electron chi connectivity index (χ2n) is 7.83. The van der Waals surface area contributed by atoms with Crippen molar-refractivity contribution >= 4 is 50.9 Å². The number of furan rings is 1. The quantitative estimate of drug-likeness (QED) is 0.470. The van der Waals surface area contributed by atoms with Crippen LogP contribution in [0.3, 0.4) is 0 Å². The molecule has 0 fully saturated rings. The largest absolute Gasteiger partial charge is 0.472 e. The number of nitrogens with one attached hydrogen (secondary N) is 2. The summed E-state index contributed by atoms with van der Waals surface area (Å²) in [6.45, 7) is 0.350. The number of ether oxygens (including phenoxy) is 1. The third-order valence-corrected chi connectivity index (χ3v) is 7.48. The first-order valence-corrected chi connectivity index (χ1v) is 12.2. The summed E-state index contributed by atoms with van der Waals surface area (Å²) in [6.07, 6.45) is 8.78. The van der Waals surface area contributed by atoms with Gasteiger partial charge in [0.05, 0.1) is 24.6 Å². The number of hydrogen-bond donors (Lipinski definition) is 2. The topological polar surface area (TPSA) is 120 Å². The molecule has 0 saturated carbocycles. The number of nitrogens with zero attached hydrogens (tertiary/aromatic N) is 3. The van der Waals surface area contributed by atoms with Crippen molar-refractivity contribution in [2.24, 2.45) is 0 Å². The number of anilines is 2. The third-order valence-electron chi connectivity index (χ3n) is 5.14. The number of hydrogen-bond acceptors (Lipinski definition) is 9. The fourth-order valence-electron chi connectivity index (χ4n) is 3.50. The van der Waals surface area contributed by atoms with Crippen LogP contribution < -0.4 is 15.5 Å². The van der Waals surface area contributed by atoms with Gasteiger partial charge in [-0.25, -0.2) is 9.78 Å². The number of aromatic nitrogens is 1. The van der Waals surface area contributed by atoms with Crippen LogP contribution >= 0.6 is 22.7 Å². The van der Waals surface area contributed by atoms with Crippen LogP contribution in [0.2, 0.25) is 0 Å². The smallest absolute Gasteiger partial charge is 0.407 e. The molecule has 0 aromatic carbocycles. The van der Waals surface area contributed by atoms with Crippen LogP contribution in [0.15, 0.2) is 35.3 Å². The predicted octanol–water partition coefficient (Wildman–Crippen LogP) is 4.17. The molecule has 1 unspecified atom stereocenters. The average Bonchev–Trinajstić information content (AvgIpc) is 3.55. The molecule has 9 nitrogen and oxygen atoms in total. The van der Waals surface area contributed by atoms with Crippen LogP contribution in [0, 0.1) is 11.3 Å². The maximum Gasteiger partial charge on any atom is 0.407 e. The van der Waals surface area contributed by atoms with Crippen molar-refractivity contribution in [3.63, 3.8) is 0 Å². The summed E-state index contributed by atoms with van der Waals surface area (Å²) in [7, 11) is 3.83. The molecule has 34 heavy (non-hydrogen) atoms. The molecule has 3 aromatic rings. The van der Waals surface area contributed by atoms with Crippen molar-refractivity contribution in [3.05, 3.63) is 57.3 Å². The standard InChI is InChI=1S/C23H23N5O4S2/c1-28(2)22-25-11-16(33-22)12-26-23(30)32-15-4-5-17-18(10-24)21(34-19(17)9-15)27-20(29)6-3-14-7-8-31-13-14/h3,6-8,11,13,15H,4-5,9,12H2,1-2H3,(H,26,30)(H,27,29)/b6-3+. The van der Waals surface area contributed by atoms with Gasteiger partial charge in [0.25, 0.3) is 0 Å². The van der Waals surface area contributed by atoms with E-state index in [0.29, 0.717) is 36.4 Å². The molecule has 4 rings (SSSR count). The highest BCUT2D eigenvalue weighted by atomic mass is 32.1. The number of thiazole rings is 1. The molecule has 0 aliphatic heterocycles. The Morgan fingerprint density at radius 2 is 2.26 bits per heavy atom. The summed E-state index contributed by atoms with van der Waals surface area (Å²) < 4.78 is 10.6. The normalized spacial score (nSPS) is 14.9. The zero-order valence-corrected chi connectivity index (χ0v) is 20.3. The SMILES string of the molecule is CN(C)c1ncc(CNC(=O)OC2CCc3c(sc(NC(=O)/C=C/c4ccoc4)c3C#N)C2)s1. The summed E-state index contributed by atoms with van der Waals surface area (Å²) in [5.74, 6) is -0.330. The lowest BCUT2D eigenvalue weighted by atomic mass is 9.94. The highest BCUT2D eigenvalue weighted by molar-refractivity contribution is 7.16. The third kappa shape index (κ3) is 5.65. The summed E-state index contributed by atoms with van der Waals surface area (Å²) in [4.78, 5) is 32.7. The van der Waals surface area contributed by atoms with Crippen LogP contribution in [0.5, 0.6) is 0 Å². The summed E-state index contributed by atoms with van der Waals surface area (Å²) in [6, 6.07) is 3.95. The summed E-state index contributed by atoms with van der Waals surface area (Å²) >= 11 is 2.86. The molecule has 1 aliphatic carbocycles. The minimum absolute atomic E-state index is 0.291. The fraction of sp³-hybridized carbons (Fsp3) is 0.304. The maximum absolute atomic E-state index is 12.3. The van der Waals surface area contributed by atoms with Gasteiger partial charge in [-0.1, -0.05) is 0 Å². The molecule has 176 valence electrons. The van der Waals surface area contributed by atoms with E-state index in [-0.39, 0.29) is 12.0 Å². The van der Waals surface area contributed by atoms with Gasteiger partial charge in [0.1, 0.15) is 17.2 Å². The van der Waals surface area contributed by atoms with E-state index >= 15 is 0 Å². The number of alkyl carbamates (subject to hydrolysis) is 1. The van der Waals surface area contributed by atoms with E-state index < -0.39 is 6.09 Å². The van der Waals surface area contributed by atoms with Crippen LogP contribution in [0.1, 0.15) is 32.9 Å². The Morgan fingerprint density at radius 3 is 2.97 bits per heavy atom. The van der Waals surface area contributed by atoms with Crippen LogP contribution in [-0.2, 0) is 28.9 Å². The van der Waals surface area contributed by atoms with Gasteiger partial charge >= 0.3 is 6.09 Å². The van der Waals surface area contributed by atoms with Crippen molar-refractivity contribution in [1.29, 1.82) is 5.26 Å². The number of amides is 2. The van der Waals surface area contributed by atoms with Gasteiger partial charge in [0, 0.05) is 48.1 Å². The zero-order chi connectivity index (χ0) is 24.1. The molecule has 2 amide bonds. The average molecular weight is 498 g/mol. The van der Waals surface area contributed by atoms with Crippen LogP contribution in [0.25, 0.3) is 6.08 Å². The Labute approximate surface area is 204 Å². The number of thiophene rings is 1. The van der Waals surface area contributed by atoms with E-state index in [1.165, 1.54) is 41.3 Å². The molecular formula is C23H23N5O4S2. The van der Waals surface area contributed by atoms with Crippen molar-refractivity contribution in [2.45, 2.75) is 31.9 Å². The first-order valence-electron chi connectivity index (χ1n) is 10.6. The monoisotopic (exact) mass is 497 g/mol. The lowest BCUT2D eigenvalue weighted by molar-refractivity contribution is -0.111. The Bertz CT molecular complexity index is 1240. The molecule has 1 atom stereocenters. The summed E-state index contributed by atoms with van der Waals surface area (Å²) in [5.41, 5.74) is 2.17. The second-order valence-corrected chi connectivity index (χ2v) is 10.0. The number of nitriles is 1. The second kappa shape index (κ2) is 10.5. The van der Waals surface area contributed by atoms with E-state index in [1.807, 2.05) is 19.0 Å². The van der Waals surface area contributed by atoms with Gasteiger partial charge in [-0.2, -0.15) is 5.26 Å². The van der Waals surface area contributed by atoms with Gasteiger partial charge in [0.2, 0.25) is 5.91 Å². The predicted molar refractivity (Wildman–Crippen MR) is 131 cm³/mol. The van der Waals surface area contributed by atoms with Gasteiger partial charge < -0.3 is 24.7 Å². The Kier molecular flexibility index (Phi) is 7.30. The lowest BCUT2D eigenvalue weighted by Gasteiger charge is -2.22. The van der Waals surface area contributed by atoms with Crippen LogP contribution in [0.4, 0.5) is 14.9 Å². The number of rotatable bonds is 7. The van der Waals surface area contributed by atoms with Crippen molar-refractivity contribution in [3.8, 4) is 6.07 Å². The fourth-order valence-corrected chi connectivity index (χ4v) is 5.53. The molecule has 0 bridgehead atoms. The number of carbonyl (C=O) groups is 2. The van der Waals surface area contributed by atoms with E-state index in [0.717, 1.165) is 26.0 Å². The molecule has 2 N–H and O–H groups in total. The Morgan fingerprint density at radius 1 is 1.41 bits per heavy atom. The molecule has 3 heterocycles. The van der Waals surface area contributed by atoms with E-state index in [1.54, 1.807) is 18.3 Å². The van der Waals surface area contributed by atoms with Gasteiger partial charge in [-0.05, 0) is 30.5 Å². The minimum Gasteiger partial charge on any atom is -0.472 e. The molecule has 11 heteroatoms. The molecular weight excluding hydrogens is 474 g/mol. The molecule has 0 saturated heterocycles. The molecule has 3 aromatic heterocycles.